The summed E-state index contributed by atoms with van der Waals surface area (Å²) in [6, 6.07) is 8.07. The van der Waals surface area contributed by atoms with Crippen LogP contribution in [0.5, 0.6) is 5.75 Å². The van der Waals surface area contributed by atoms with Crippen molar-refractivity contribution in [3.63, 3.8) is 0 Å². The number of aromatic nitrogens is 1. The van der Waals surface area contributed by atoms with E-state index in [0.717, 1.165) is 23.4 Å². The molecule has 6 nitrogen and oxygen atoms in total. The smallest absolute Gasteiger partial charge is 0.191 e. The van der Waals surface area contributed by atoms with Gasteiger partial charge in [0, 0.05) is 25.2 Å². The van der Waals surface area contributed by atoms with E-state index < -0.39 is 0 Å². The van der Waals surface area contributed by atoms with Gasteiger partial charge in [-0.3, -0.25) is 4.99 Å². The van der Waals surface area contributed by atoms with Gasteiger partial charge < -0.3 is 19.9 Å². The Hall–Kier alpha value is -1.77. The topological polar surface area (TPSA) is 71.7 Å². The first kappa shape index (κ1) is 21.3. The summed E-state index contributed by atoms with van der Waals surface area (Å²) in [4.78, 5) is 4.22. The first-order chi connectivity index (χ1) is 11.6. The Labute approximate surface area is 166 Å². The molecule has 7 heteroatoms. The zero-order valence-corrected chi connectivity index (χ0v) is 17.5. The lowest BCUT2D eigenvalue weighted by atomic mass is 10.1. The zero-order valence-electron chi connectivity index (χ0n) is 15.2. The van der Waals surface area contributed by atoms with Crippen molar-refractivity contribution >= 4 is 29.9 Å². The Morgan fingerprint density at radius 2 is 2.04 bits per heavy atom. The second-order valence-corrected chi connectivity index (χ2v) is 5.72. The van der Waals surface area contributed by atoms with Gasteiger partial charge in [0.15, 0.2) is 5.96 Å². The highest BCUT2D eigenvalue weighted by molar-refractivity contribution is 14.0. The fourth-order valence-corrected chi connectivity index (χ4v) is 2.12. The summed E-state index contributed by atoms with van der Waals surface area (Å²) in [7, 11) is 1.74. The van der Waals surface area contributed by atoms with E-state index in [1.165, 1.54) is 5.56 Å². The average Bonchev–Trinajstić information content (AvgIpc) is 3.10. The Kier molecular flexibility index (Phi) is 9.33. The van der Waals surface area contributed by atoms with Crippen molar-refractivity contribution in [3.05, 3.63) is 47.3 Å². The summed E-state index contributed by atoms with van der Waals surface area (Å²) in [5, 5.41) is 10.4. The molecule has 1 aromatic carbocycles. The van der Waals surface area contributed by atoms with Gasteiger partial charge in [-0.1, -0.05) is 24.2 Å². The van der Waals surface area contributed by atoms with Crippen LogP contribution >= 0.6 is 24.0 Å². The van der Waals surface area contributed by atoms with Crippen LogP contribution in [0.25, 0.3) is 0 Å². The minimum atomic E-state index is 0. The van der Waals surface area contributed by atoms with Gasteiger partial charge >= 0.3 is 0 Å². The number of rotatable bonds is 7. The number of hydrogen-bond donors (Lipinski definition) is 2. The molecule has 25 heavy (non-hydrogen) atoms. The quantitative estimate of drug-likeness (QED) is 0.377. The molecule has 1 atom stereocenters. The third kappa shape index (κ3) is 6.93. The van der Waals surface area contributed by atoms with Crippen LogP contribution in [0.4, 0.5) is 0 Å². The van der Waals surface area contributed by atoms with Crippen LogP contribution in [0.2, 0.25) is 0 Å². The van der Waals surface area contributed by atoms with Crippen LogP contribution in [0.1, 0.15) is 37.1 Å². The molecule has 0 saturated carbocycles. The Morgan fingerprint density at radius 3 is 2.68 bits per heavy atom. The monoisotopic (exact) mass is 458 g/mol. The molecule has 1 unspecified atom stereocenters. The number of hydrogen-bond acceptors (Lipinski definition) is 4. The maximum Gasteiger partial charge on any atom is 0.191 e. The molecule has 1 heterocycles. The number of halogens is 1. The maximum atomic E-state index is 6.04. The predicted molar refractivity (Wildman–Crippen MR) is 111 cm³/mol. The number of benzene rings is 1. The lowest BCUT2D eigenvalue weighted by molar-refractivity contribution is 0.215. The van der Waals surface area contributed by atoms with E-state index >= 15 is 0 Å². The maximum absolute atomic E-state index is 6.04. The average molecular weight is 458 g/mol. The molecule has 0 spiro atoms. The molecular weight excluding hydrogens is 431 g/mol. The molecular formula is C18H27IN4O2. The third-order valence-corrected chi connectivity index (χ3v) is 3.72. The molecule has 1 aromatic heterocycles. The molecule has 2 N–H and O–H groups in total. The molecule has 138 valence electrons. The molecule has 0 saturated heterocycles. The molecule has 0 bridgehead atoms. The first-order valence-corrected chi connectivity index (χ1v) is 8.22. The van der Waals surface area contributed by atoms with E-state index in [-0.39, 0.29) is 30.1 Å². The van der Waals surface area contributed by atoms with Crippen molar-refractivity contribution in [1.29, 1.82) is 0 Å². The van der Waals surface area contributed by atoms with Crippen LogP contribution in [-0.2, 0) is 13.1 Å². The van der Waals surface area contributed by atoms with Gasteiger partial charge in [0.2, 0.25) is 0 Å². The van der Waals surface area contributed by atoms with E-state index in [1.807, 2.05) is 6.07 Å². The lowest BCUT2D eigenvalue weighted by Crippen LogP contribution is -2.36. The van der Waals surface area contributed by atoms with Crippen LogP contribution in [0, 0.1) is 6.92 Å². The summed E-state index contributed by atoms with van der Waals surface area (Å²) < 4.78 is 10.9. The van der Waals surface area contributed by atoms with Gasteiger partial charge in [0.25, 0.3) is 0 Å². The van der Waals surface area contributed by atoms with E-state index in [1.54, 1.807) is 13.3 Å². The Morgan fingerprint density at radius 1 is 1.28 bits per heavy atom. The first-order valence-electron chi connectivity index (χ1n) is 8.22. The normalized spacial score (nSPS) is 12.2. The largest absolute Gasteiger partial charge is 0.490 e. The van der Waals surface area contributed by atoms with E-state index in [0.29, 0.717) is 19.0 Å². The Balaban J connectivity index is 0.00000312. The SMILES string of the molecule is CCC(C)Oc1cc(C)ccc1CNC(=NC)NCc1ccon1.I. The highest BCUT2D eigenvalue weighted by Crippen LogP contribution is 2.22. The molecule has 2 rings (SSSR count). The van der Waals surface area contributed by atoms with Gasteiger partial charge in [0.1, 0.15) is 17.7 Å². The summed E-state index contributed by atoms with van der Waals surface area (Å²) in [6.07, 6.45) is 2.72. The van der Waals surface area contributed by atoms with Crippen molar-refractivity contribution in [2.24, 2.45) is 4.99 Å². The molecule has 0 amide bonds. The molecule has 2 aromatic rings. The molecule has 0 radical (unpaired) electrons. The van der Waals surface area contributed by atoms with Gasteiger partial charge in [-0.05, 0) is 31.9 Å². The summed E-state index contributed by atoms with van der Waals surface area (Å²) in [6.45, 7) is 7.45. The summed E-state index contributed by atoms with van der Waals surface area (Å²) in [5.41, 5.74) is 3.12. The van der Waals surface area contributed by atoms with E-state index in [4.69, 9.17) is 9.26 Å². The van der Waals surface area contributed by atoms with Crippen LogP contribution in [-0.4, -0.2) is 24.3 Å². The van der Waals surface area contributed by atoms with Crippen LogP contribution < -0.4 is 15.4 Å². The third-order valence-electron chi connectivity index (χ3n) is 3.72. The fourth-order valence-electron chi connectivity index (χ4n) is 2.12. The number of nitrogens with zero attached hydrogens (tertiary/aromatic N) is 2. The second kappa shape index (κ2) is 11.0. The number of ether oxygens (including phenoxy) is 1. The molecule has 0 aliphatic heterocycles. The fraction of sp³-hybridized carbons (Fsp3) is 0.444. The minimum absolute atomic E-state index is 0. The molecule has 0 aliphatic rings. The number of aliphatic imine (C=N–C) groups is 1. The van der Waals surface area contributed by atoms with Gasteiger partial charge in [-0.15, -0.1) is 24.0 Å². The van der Waals surface area contributed by atoms with Gasteiger partial charge in [-0.2, -0.15) is 0 Å². The molecule has 0 aliphatic carbocycles. The standard InChI is InChI=1S/C18H26N4O2.HI/c1-5-14(3)24-17-10-13(2)6-7-15(17)11-20-18(19-4)21-12-16-8-9-23-22-16;/h6-10,14H,5,11-12H2,1-4H3,(H2,19,20,21);1H. The molecule has 0 fully saturated rings. The summed E-state index contributed by atoms with van der Waals surface area (Å²) in [5.74, 6) is 1.62. The van der Waals surface area contributed by atoms with Crippen LogP contribution in [0.15, 0.2) is 40.0 Å². The highest BCUT2D eigenvalue weighted by atomic mass is 127. The second-order valence-electron chi connectivity index (χ2n) is 5.72. The van der Waals surface area contributed by atoms with E-state index in [2.05, 4.69) is 59.8 Å². The lowest BCUT2D eigenvalue weighted by Gasteiger charge is -2.18. The Bertz CT molecular complexity index is 659. The summed E-state index contributed by atoms with van der Waals surface area (Å²) >= 11 is 0. The van der Waals surface area contributed by atoms with Crippen molar-refractivity contribution in [1.82, 2.24) is 15.8 Å². The van der Waals surface area contributed by atoms with Crippen molar-refractivity contribution < 1.29 is 9.26 Å². The van der Waals surface area contributed by atoms with Crippen molar-refractivity contribution in [2.75, 3.05) is 7.05 Å². The van der Waals surface area contributed by atoms with E-state index in [9.17, 15) is 0 Å². The van der Waals surface area contributed by atoms with Gasteiger partial charge in [-0.25, -0.2) is 0 Å². The van der Waals surface area contributed by atoms with Crippen molar-refractivity contribution in [3.8, 4) is 5.75 Å². The van der Waals surface area contributed by atoms with Crippen molar-refractivity contribution in [2.45, 2.75) is 46.4 Å². The van der Waals surface area contributed by atoms with Crippen LogP contribution in [0.3, 0.4) is 0 Å². The highest BCUT2D eigenvalue weighted by Gasteiger charge is 2.09. The predicted octanol–water partition coefficient (Wildman–Crippen LogP) is 3.64. The minimum Gasteiger partial charge on any atom is -0.490 e. The van der Waals surface area contributed by atoms with Gasteiger partial charge in [0.05, 0.1) is 12.6 Å². The number of guanidine groups is 1. The zero-order chi connectivity index (χ0) is 17.4. The number of aryl methyl sites for hydroxylation is 1. The number of nitrogens with one attached hydrogen (secondary N) is 2.